The molecule has 0 fully saturated rings. The van der Waals surface area contributed by atoms with Crippen molar-refractivity contribution in [2.75, 3.05) is 11.9 Å². The van der Waals surface area contributed by atoms with Gasteiger partial charge in [-0.1, -0.05) is 37.7 Å². The van der Waals surface area contributed by atoms with E-state index >= 15 is 0 Å². The Hall–Kier alpha value is -1.07. The molecule has 0 aliphatic rings. The zero-order valence-electron chi connectivity index (χ0n) is 11.7. The van der Waals surface area contributed by atoms with Crippen LogP contribution in [0, 0.1) is 0 Å². The molecule has 1 N–H and O–H groups in total. The Bertz CT molecular complexity index is 575. The van der Waals surface area contributed by atoms with Crippen molar-refractivity contribution in [3.63, 3.8) is 0 Å². The number of hydrogen-bond donors (Lipinski definition) is 1. The SMILES string of the molecule is CCCNc1cc(Sc2ccccc2Br)nc(CC)n1. The molecule has 106 valence electrons. The largest absolute Gasteiger partial charge is 0.370 e. The van der Waals surface area contributed by atoms with Gasteiger partial charge in [-0.25, -0.2) is 9.97 Å². The number of halogens is 1. The number of aromatic nitrogens is 2. The molecule has 0 aliphatic heterocycles. The van der Waals surface area contributed by atoms with Gasteiger partial charge in [-0.2, -0.15) is 0 Å². The number of nitrogens with one attached hydrogen (secondary N) is 1. The molecule has 5 heteroatoms. The first-order chi connectivity index (χ1) is 9.72. The van der Waals surface area contributed by atoms with E-state index in [0.29, 0.717) is 0 Å². The van der Waals surface area contributed by atoms with Crippen molar-refractivity contribution in [2.24, 2.45) is 0 Å². The highest BCUT2D eigenvalue weighted by molar-refractivity contribution is 9.10. The van der Waals surface area contributed by atoms with Crippen molar-refractivity contribution in [2.45, 2.75) is 36.6 Å². The highest BCUT2D eigenvalue weighted by Crippen LogP contribution is 2.32. The van der Waals surface area contributed by atoms with E-state index in [1.807, 2.05) is 24.3 Å². The van der Waals surface area contributed by atoms with E-state index < -0.39 is 0 Å². The Morgan fingerprint density at radius 3 is 2.70 bits per heavy atom. The lowest BCUT2D eigenvalue weighted by molar-refractivity contribution is 0.877. The summed E-state index contributed by atoms with van der Waals surface area (Å²) in [6, 6.07) is 10.2. The van der Waals surface area contributed by atoms with Crippen LogP contribution in [0.5, 0.6) is 0 Å². The quantitative estimate of drug-likeness (QED) is 0.760. The minimum atomic E-state index is 0.838. The van der Waals surface area contributed by atoms with Crippen LogP contribution in [0.4, 0.5) is 5.82 Å². The summed E-state index contributed by atoms with van der Waals surface area (Å²) in [5, 5.41) is 4.31. The van der Waals surface area contributed by atoms with Crippen molar-refractivity contribution in [3.8, 4) is 0 Å². The monoisotopic (exact) mass is 351 g/mol. The standard InChI is InChI=1S/C15H18BrN3S/c1-3-9-17-14-10-15(19-13(4-2)18-14)20-12-8-6-5-7-11(12)16/h5-8,10H,3-4,9H2,1-2H3,(H,17,18,19). The maximum atomic E-state index is 4.59. The minimum Gasteiger partial charge on any atom is -0.370 e. The molecule has 0 atom stereocenters. The van der Waals surface area contributed by atoms with E-state index in [4.69, 9.17) is 0 Å². The summed E-state index contributed by atoms with van der Waals surface area (Å²) < 4.78 is 1.09. The van der Waals surface area contributed by atoms with Gasteiger partial charge in [0.15, 0.2) is 0 Å². The van der Waals surface area contributed by atoms with Gasteiger partial charge >= 0.3 is 0 Å². The van der Waals surface area contributed by atoms with Crippen LogP contribution in [0.15, 0.2) is 44.7 Å². The third kappa shape index (κ3) is 4.21. The lowest BCUT2D eigenvalue weighted by atomic mass is 10.4. The number of hydrogen-bond acceptors (Lipinski definition) is 4. The van der Waals surface area contributed by atoms with Gasteiger partial charge in [0, 0.05) is 28.4 Å². The first-order valence-corrected chi connectivity index (χ1v) is 8.38. The van der Waals surface area contributed by atoms with Crippen LogP contribution in [0.3, 0.4) is 0 Å². The molecule has 1 heterocycles. The molecule has 0 unspecified atom stereocenters. The maximum Gasteiger partial charge on any atom is 0.131 e. The molecule has 3 nitrogen and oxygen atoms in total. The third-order valence-electron chi connectivity index (χ3n) is 2.67. The average molecular weight is 352 g/mol. The van der Waals surface area contributed by atoms with Crippen LogP contribution in [-0.2, 0) is 6.42 Å². The molecule has 0 aliphatic carbocycles. The molecule has 0 amide bonds. The van der Waals surface area contributed by atoms with E-state index in [0.717, 1.165) is 45.4 Å². The minimum absolute atomic E-state index is 0.838. The highest BCUT2D eigenvalue weighted by atomic mass is 79.9. The molecule has 0 bridgehead atoms. The van der Waals surface area contributed by atoms with Crippen molar-refractivity contribution < 1.29 is 0 Å². The van der Waals surface area contributed by atoms with E-state index in [9.17, 15) is 0 Å². The Balaban J connectivity index is 2.24. The fourth-order valence-corrected chi connectivity index (χ4v) is 3.05. The second-order valence-electron chi connectivity index (χ2n) is 4.32. The molecule has 0 saturated carbocycles. The van der Waals surface area contributed by atoms with Crippen molar-refractivity contribution in [1.82, 2.24) is 9.97 Å². The fraction of sp³-hybridized carbons (Fsp3) is 0.333. The number of rotatable bonds is 6. The number of benzene rings is 1. The van der Waals surface area contributed by atoms with Crippen molar-refractivity contribution in [1.29, 1.82) is 0 Å². The van der Waals surface area contributed by atoms with Gasteiger partial charge in [-0.15, -0.1) is 0 Å². The summed E-state index contributed by atoms with van der Waals surface area (Å²) in [6.07, 6.45) is 1.92. The highest BCUT2D eigenvalue weighted by Gasteiger charge is 2.07. The lowest BCUT2D eigenvalue weighted by Gasteiger charge is -2.09. The number of nitrogens with zero attached hydrogens (tertiary/aromatic N) is 2. The van der Waals surface area contributed by atoms with Gasteiger partial charge in [-0.05, 0) is 34.5 Å². The van der Waals surface area contributed by atoms with Crippen LogP contribution in [0.2, 0.25) is 0 Å². The number of anilines is 1. The summed E-state index contributed by atoms with van der Waals surface area (Å²) in [4.78, 5) is 10.3. The first kappa shape index (κ1) is 15.3. The molecule has 0 spiro atoms. The molecule has 2 rings (SSSR count). The summed E-state index contributed by atoms with van der Waals surface area (Å²) in [6.45, 7) is 5.15. The van der Waals surface area contributed by atoms with Crippen LogP contribution in [-0.4, -0.2) is 16.5 Å². The zero-order valence-corrected chi connectivity index (χ0v) is 14.1. The van der Waals surface area contributed by atoms with E-state index in [1.54, 1.807) is 11.8 Å². The third-order valence-corrected chi connectivity index (χ3v) is 4.62. The molecule has 0 radical (unpaired) electrons. The summed E-state index contributed by atoms with van der Waals surface area (Å²) in [5.74, 6) is 1.79. The smallest absolute Gasteiger partial charge is 0.131 e. The summed E-state index contributed by atoms with van der Waals surface area (Å²) >= 11 is 5.22. The average Bonchev–Trinajstić information content (AvgIpc) is 2.47. The molecule has 1 aromatic heterocycles. The maximum absolute atomic E-state index is 4.59. The Morgan fingerprint density at radius 1 is 1.20 bits per heavy atom. The van der Waals surface area contributed by atoms with Gasteiger partial charge in [0.05, 0.1) is 0 Å². The molecule has 2 aromatic rings. The van der Waals surface area contributed by atoms with Gasteiger partial charge < -0.3 is 5.32 Å². The molecular weight excluding hydrogens is 334 g/mol. The fourth-order valence-electron chi connectivity index (χ4n) is 1.67. The molecular formula is C15H18BrN3S. The van der Waals surface area contributed by atoms with E-state index in [1.165, 1.54) is 0 Å². The van der Waals surface area contributed by atoms with Crippen molar-refractivity contribution in [3.05, 3.63) is 40.6 Å². The van der Waals surface area contributed by atoms with Crippen molar-refractivity contribution >= 4 is 33.5 Å². The van der Waals surface area contributed by atoms with E-state index in [-0.39, 0.29) is 0 Å². The summed E-state index contributed by atoms with van der Waals surface area (Å²) in [5.41, 5.74) is 0. The lowest BCUT2D eigenvalue weighted by Crippen LogP contribution is -2.05. The van der Waals surface area contributed by atoms with Gasteiger partial charge in [0.25, 0.3) is 0 Å². The Morgan fingerprint density at radius 2 is 2.00 bits per heavy atom. The van der Waals surface area contributed by atoms with Gasteiger partial charge in [0.1, 0.15) is 16.7 Å². The predicted octanol–water partition coefficient (Wildman–Crippen LogP) is 4.77. The van der Waals surface area contributed by atoms with Gasteiger partial charge in [-0.3, -0.25) is 0 Å². The van der Waals surface area contributed by atoms with Crippen LogP contribution < -0.4 is 5.32 Å². The molecule has 1 aromatic carbocycles. The Labute approximate surface area is 132 Å². The van der Waals surface area contributed by atoms with Crippen LogP contribution in [0.1, 0.15) is 26.1 Å². The zero-order chi connectivity index (χ0) is 14.4. The van der Waals surface area contributed by atoms with Crippen LogP contribution >= 0.6 is 27.7 Å². The van der Waals surface area contributed by atoms with Gasteiger partial charge in [0.2, 0.25) is 0 Å². The van der Waals surface area contributed by atoms with E-state index in [2.05, 4.69) is 51.1 Å². The number of aryl methyl sites for hydroxylation is 1. The topological polar surface area (TPSA) is 37.8 Å². The second kappa shape index (κ2) is 7.64. The molecule has 0 saturated heterocycles. The Kier molecular flexibility index (Phi) is 5.86. The first-order valence-electron chi connectivity index (χ1n) is 6.77. The second-order valence-corrected chi connectivity index (χ2v) is 6.24. The predicted molar refractivity (Wildman–Crippen MR) is 88.5 cm³/mol. The summed E-state index contributed by atoms with van der Waals surface area (Å²) in [7, 11) is 0. The molecule has 20 heavy (non-hydrogen) atoms. The van der Waals surface area contributed by atoms with Crippen LogP contribution in [0.25, 0.3) is 0 Å². The normalized spacial score (nSPS) is 10.6.